The number of aliphatic hydroxyl groups is 1. The van der Waals surface area contributed by atoms with Crippen molar-refractivity contribution in [2.75, 3.05) is 29.9 Å². The fraction of sp³-hybridized carbons (Fsp3) is 0.280. The Bertz CT molecular complexity index is 1230. The van der Waals surface area contributed by atoms with E-state index in [1.54, 1.807) is 42.7 Å². The molecular weight excluding hydrogens is 452 g/mol. The van der Waals surface area contributed by atoms with Crippen LogP contribution in [0, 0.1) is 11.3 Å². The highest BCUT2D eigenvalue weighted by Gasteiger charge is 2.33. The molecule has 1 aliphatic heterocycles. The fourth-order valence-corrected chi connectivity index (χ4v) is 4.47. The third-order valence-corrected chi connectivity index (χ3v) is 6.08. The van der Waals surface area contributed by atoms with Crippen LogP contribution in [0.3, 0.4) is 0 Å². The molecule has 0 unspecified atom stereocenters. The minimum Gasteiger partial charge on any atom is -0.394 e. The van der Waals surface area contributed by atoms with Crippen LogP contribution in [0.4, 0.5) is 11.4 Å². The molecule has 0 radical (unpaired) electrons. The van der Waals surface area contributed by atoms with Crippen LogP contribution < -0.4 is 15.5 Å². The molecule has 0 saturated carbocycles. The fourth-order valence-electron chi connectivity index (χ4n) is 4.31. The van der Waals surface area contributed by atoms with E-state index >= 15 is 0 Å². The number of aliphatic hydroxyl groups excluding tert-OH is 1. The van der Waals surface area contributed by atoms with Crippen molar-refractivity contribution in [3.63, 3.8) is 0 Å². The van der Waals surface area contributed by atoms with E-state index in [1.165, 1.54) is 0 Å². The maximum atomic E-state index is 12.9. The van der Waals surface area contributed by atoms with Gasteiger partial charge in [-0.2, -0.15) is 5.26 Å². The van der Waals surface area contributed by atoms with Crippen molar-refractivity contribution in [3.8, 4) is 17.2 Å². The molecule has 3 aromatic rings. The van der Waals surface area contributed by atoms with Crippen molar-refractivity contribution < 1.29 is 9.90 Å². The van der Waals surface area contributed by atoms with Gasteiger partial charge in [-0.1, -0.05) is 30.7 Å². The highest BCUT2D eigenvalue weighted by Crippen LogP contribution is 2.37. The topological polar surface area (TPSA) is 114 Å². The smallest absolute Gasteiger partial charge is 0.274 e. The Balaban J connectivity index is 1.76. The summed E-state index contributed by atoms with van der Waals surface area (Å²) >= 11 is 5.96. The van der Waals surface area contributed by atoms with E-state index < -0.39 is 5.91 Å². The third kappa shape index (κ3) is 5.02. The zero-order valence-corrected chi connectivity index (χ0v) is 19.5. The first kappa shape index (κ1) is 23.6. The SMILES string of the molecule is CCN[C@H]1C[C@@H](CO)N(c2cc(-c3cnccc3C#N)ccc2NC(=O)c2cccc(Cl)n2)C1. The van der Waals surface area contributed by atoms with Crippen LogP contribution in [0.25, 0.3) is 11.1 Å². The van der Waals surface area contributed by atoms with Crippen molar-refractivity contribution in [3.05, 3.63) is 71.3 Å². The first-order valence-corrected chi connectivity index (χ1v) is 11.4. The average Bonchev–Trinajstić information content (AvgIpc) is 3.27. The summed E-state index contributed by atoms with van der Waals surface area (Å²) in [5, 5.41) is 26.3. The monoisotopic (exact) mass is 476 g/mol. The van der Waals surface area contributed by atoms with Crippen LogP contribution in [0.15, 0.2) is 54.9 Å². The number of benzene rings is 1. The van der Waals surface area contributed by atoms with E-state index in [1.807, 2.05) is 19.1 Å². The minimum atomic E-state index is -0.390. The highest BCUT2D eigenvalue weighted by atomic mass is 35.5. The second-order valence-corrected chi connectivity index (χ2v) is 8.43. The van der Waals surface area contributed by atoms with E-state index in [2.05, 4.69) is 31.6 Å². The van der Waals surface area contributed by atoms with E-state index in [-0.39, 0.29) is 29.5 Å². The molecule has 1 aromatic carbocycles. The number of carbonyl (C=O) groups is 1. The Labute approximate surface area is 203 Å². The zero-order valence-electron chi connectivity index (χ0n) is 18.7. The van der Waals surface area contributed by atoms with Gasteiger partial charge in [-0.25, -0.2) is 4.98 Å². The standard InChI is InChI=1S/C25H25ClN6O2/c1-2-29-18-11-19(15-33)32(14-18)23-10-16(20-13-28-9-8-17(20)12-27)6-7-21(23)31-25(34)22-4-3-5-24(26)30-22/h3-10,13,18-19,29,33H,2,11,14-15H2,1H3,(H,31,34)/t18-,19-/m0/s1. The van der Waals surface area contributed by atoms with Gasteiger partial charge in [0.1, 0.15) is 10.8 Å². The summed E-state index contributed by atoms with van der Waals surface area (Å²) in [5.41, 5.74) is 3.53. The molecule has 0 aliphatic carbocycles. The number of amides is 1. The van der Waals surface area contributed by atoms with Crippen molar-refractivity contribution in [2.24, 2.45) is 0 Å². The van der Waals surface area contributed by atoms with Gasteiger partial charge in [-0.15, -0.1) is 0 Å². The lowest BCUT2D eigenvalue weighted by atomic mass is 10.0. The number of likely N-dealkylation sites (N-methyl/N-ethyl adjacent to an activating group) is 1. The Hall–Kier alpha value is -3.51. The third-order valence-electron chi connectivity index (χ3n) is 5.87. The molecule has 4 rings (SSSR count). The maximum absolute atomic E-state index is 12.9. The molecule has 8 nitrogen and oxygen atoms in total. The van der Waals surface area contributed by atoms with Gasteiger partial charge in [0.2, 0.25) is 0 Å². The summed E-state index contributed by atoms with van der Waals surface area (Å²) in [6.07, 6.45) is 4.01. The molecule has 1 saturated heterocycles. The quantitative estimate of drug-likeness (QED) is 0.447. The second kappa shape index (κ2) is 10.6. The van der Waals surface area contributed by atoms with Gasteiger partial charge in [0.05, 0.1) is 35.7 Å². The molecule has 0 spiro atoms. The number of nitrogens with zero attached hydrogens (tertiary/aromatic N) is 4. The van der Waals surface area contributed by atoms with Crippen LogP contribution in [0.5, 0.6) is 0 Å². The molecule has 3 N–H and O–H groups in total. The van der Waals surface area contributed by atoms with Gasteiger partial charge in [0.25, 0.3) is 5.91 Å². The number of aromatic nitrogens is 2. The summed E-state index contributed by atoms with van der Waals surface area (Å²) in [5.74, 6) is -0.390. The van der Waals surface area contributed by atoms with Gasteiger partial charge >= 0.3 is 0 Å². The first-order valence-electron chi connectivity index (χ1n) is 11.1. The van der Waals surface area contributed by atoms with Gasteiger partial charge in [0.15, 0.2) is 0 Å². The Morgan fingerprint density at radius 1 is 1.32 bits per heavy atom. The van der Waals surface area contributed by atoms with Gasteiger partial charge in [0, 0.05) is 30.5 Å². The molecule has 1 amide bonds. The first-order chi connectivity index (χ1) is 16.5. The highest BCUT2D eigenvalue weighted by molar-refractivity contribution is 6.29. The van der Waals surface area contributed by atoms with Crippen molar-refractivity contribution in [2.45, 2.75) is 25.4 Å². The summed E-state index contributed by atoms with van der Waals surface area (Å²) in [7, 11) is 0. The summed E-state index contributed by atoms with van der Waals surface area (Å²) in [6.45, 7) is 3.51. The Kier molecular flexibility index (Phi) is 7.38. The van der Waals surface area contributed by atoms with Gasteiger partial charge in [-0.3, -0.25) is 9.78 Å². The van der Waals surface area contributed by atoms with Crippen molar-refractivity contribution >= 4 is 28.9 Å². The average molecular weight is 477 g/mol. The largest absolute Gasteiger partial charge is 0.394 e. The molecule has 3 heterocycles. The molecule has 2 atom stereocenters. The lowest BCUT2D eigenvalue weighted by Gasteiger charge is -2.28. The van der Waals surface area contributed by atoms with Gasteiger partial charge < -0.3 is 20.6 Å². The van der Waals surface area contributed by atoms with Gasteiger partial charge in [-0.05, 0) is 48.9 Å². The predicted octanol–water partition coefficient (Wildman–Crippen LogP) is 3.47. The van der Waals surface area contributed by atoms with Crippen LogP contribution in [0.2, 0.25) is 5.15 Å². The number of nitrogens with one attached hydrogen (secondary N) is 2. The second-order valence-electron chi connectivity index (χ2n) is 8.04. The molecule has 1 aliphatic rings. The molecular formula is C25H25ClN6O2. The molecule has 1 fully saturated rings. The number of carbonyl (C=O) groups excluding carboxylic acids is 1. The number of pyridine rings is 2. The van der Waals surface area contributed by atoms with E-state index in [0.717, 1.165) is 24.2 Å². The molecule has 174 valence electrons. The Morgan fingerprint density at radius 2 is 2.18 bits per heavy atom. The minimum absolute atomic E-state index is 0.0221. The summed E-state index contributed by atoms with van der Waals surface area (Å²) in [6, 6.07) is 14.4. The predicted molar refractivity (Wildman–Crippen MR) is 132 cm³/mol. The molecule has 2 aromatic heterocycles. The number of halogens is 1. The van der Waals surface area contributed by atoms with Crippen molar-refractivity contribution in [1.82, 2.24) is 15.3 Å². The number of rotatable bonds is 7. The number of anilines is 2. The molecule has 0 bridgehead atoms. The maximum Gasteiger partial charge on any atom is 0.274 e. The lowest BCUT2D eigenvalue weighted by molar-refractivity contribution is 0.102. The number of hydrogen-bond donors (Lipinski definition) is 3. The van der Waals surface area contributed by atoms with Crippen LogP contribution in [0.1, 0.15) is 29.4 Å². The van der Waals surface area contributed by atoms with E-state index in [0.29, 0.717) is 23.4 Å². The Morgan fingerprint density at radius 3 is 2.91 bits per heavy atom. The summed E-state index contributed by atoms with van der Waals surface area (Å²) < 4.78 is 0. The van der Waals surface area contributed by atoms with Crippen LogP contribution >= 0.6 is 11.6 Å². The van der Waals surface area contributed by atoms with Crippen molar-refractivity contribution in [1.29, 1.82) is 5.26 Å². The van der Waals surface area contributed by atoms with Crippen LogP contribution in [-0.2, 0) is 0 Å². The molecule has 34 heavy (non-hydrogen) atoms. The normalized spacial score (nSPS) is 17.4. The molecule has 9 heteroatoms. The van der Waals surface area contributed by atoms with Crippen LogP contribution in [-0.4, -0.2) is 52.8 Å². The number of nitriles is 1. The summed E-state index contributed by atoms with van der Waals surface area (Å²) in [4.78, 5) is 23.3. The number of hydrogen-bond acceptors (Lipinski definition) is 7. The zero-order chi connectivity index (χ0) is 24.1. The van der Waals surface area contributed by atoms with E-state index in [9.17, 15) is 15.2 Å². The lowest BCUT2D eigenvalue weighted by Crippen LogP contribution is -2.35. The van der Waals surface area contributed by atoms with E-state index in [4.69, 9.17) is 11.6 Å².